The normalized spacial score (nSPS) is 13.1. The maximum Gasteiger partial charge on any atom is 0.240 e. The summed E-state index contributed by atoms with van der Waals surface area (Å²) in [5.41, 5.74) is 6.54. The number of hydrogen-bond donors (Lipinski definition) is 3. The molecule has 0 saturated carbocycles. The third-order valence-corrected chi connectivity index (χ3v) is 4.82. The van der Waals surface area contributed by atoms with Gasteiger partial charge in [0.25, 0.3) is 0 Å². The van der Waals surface area contributed by atoms with Crippen molar-refractivity contribution in [2.24, 2.45) is 5.14 Å². The number of thiazole rings is 1. The van der Waals surface area contributed by atoms with Crippen molar-refractivity contribution in [3.63, 3.8) is 0 Å². The minimum atomic E-state index is -3.81. The van der Waals surface area contributed by atoms with Crippen LogP contribution in [0.15, 0.2) is 34.7 Å². The van der Waals surface area contributed by atoms with Crippen LogP contribution in [0.1, 0.15) is 17.8 Å². The molecule has 1 aromatic carbocycles. The summed E-state index contributed by atoms with van der Waals surface area (Å²) >= 11 is 1.58. The van der Waals surface area contributed by atoms with E-state index in [2.05, 4.69) is 10.3 Å². The summed E-state index contributed by atoms with van der Waals surface area (Å²) in [5.74, 6) is 0.201. The number of anilines is 2. The van der Waals surface area contributed by atoms with Crippen molar-refractivity contribution in [1.82, 2.24) is 4.98 Å². The summed E-state index contributed by atoms with van der Waals surface area (Å²) in [6.07, 6.45) is 1.76. The van der Waals surface area contributed by atoms with Gasteiger partial charge in [0.1, 0.15) is 4.90 Å². The third-order valence-electron chi connectivity index (χ3n) is 2.84. The molecular formula is C12H16N4O2S2. The minimum Gasteiger partial charge on any atom is -0.396 e. The van der Waals surface area contributed by atoms with Gasteiger partial charge in [-0.05, 0) is 12.1 Å². The standard InChI is InChI=1S/C12H16N4O2S2/c1-8(12-15-5-6-19-12)7-16-9-3-2-4-10(11(9)13)20(14,17)18/h2-6,8,16H,7,13H2,1H3,(H2,14,17,18). The minimum absolute atomic E-state index is 0.0654. The number of nitrogens with zero attached hydrogens (tertiary/aromatic N) is 1. The molecule has 108 valence electrons. The van der Waals surface area contributed by atoms with Crippen LogP contribution in [0.5, 0.6) is 0 Å². The predicted molar refractivity (Wildman–Crippen MR) is 81.2 cm³/mol. The number of nitrogens with two attached hydrogens (primary N) is 2. The molecule has 0 saturated heterocycles. The van der Waals surface area contributed by atoms with E-state index in [1.54, 1.807) is 29.7 Å². The molecule has 0 bridgehead atoms. The molecule has 2 rings (SSSR count). The number of sulfonamides is 1. The largest absolute Gasteiger partial charge is 0.396 e. The summed E-state index contributed by atoms with van der Waals surface area (Å²) in [5, 5.41) is 11.2. The van der Waals surface area contributed by atoms with Crippen LogP contribution >= 0.6 is 11.3 Å². The van der Waals surface area contributed by atoms with Gasteiger partial charge in [0.2, 0.25) is 10.0 Å². The number of primary sulfonamides is 1. The maximum absolute atomic E-state index is 11.4. The smallest absolute Gasteiger partial charge is 0.240 e. The second-order valence-electron chi connectivity index (χ2n) is 4.41. The summed E-state index contributed by atoms with van der Waals surface area (Å²) in [7, 11) is -3.81. The molecule has 1 atom stereocenters. The van der Waals surface area contributed by atoms with E-state index in [4.69, 9.17) is 10.9 Å². The fourth-order valence-electron chi connectivity index (χ4n) is 1.77. The van der Waals surface area contributed by atoms with E-state index in [1.165, 1.54) is 6.07 Å². The van der Waals surface area contributed by atoms with E-state index in [0.29, 0.717) is 12.2 Å². The second-order valence-corrected chi connectivity index (χ2v) is 6.87. The predicted octanol–water partition coefficient (Wildman–Crippen LogP) is 1.59. The van der Waals surface area contributed by atoms with E-state index in [-0.39, 0.29) is 16.5 Å². The Labute approximate surface area is 121 Å². The highest BCUT2D eigenvalue weighted by atomic mass is 32.2. The molecule has 2 aromatic rings. The summed E-state index contributed by atoms with van der Waals surface area (Å²) < 4.78 is 22.8. The van der Waals surface area contributed by atoms with Crippen LogP contribution in [0, 0.1) is 0 Å². The first kappa shape index (κ1) is 14.8. The van der Waals surface area contributed by atoms with Gasteiger partial charge in [-0.25, -0.2) is 18.5 Å². The average Bonchev–Trinajstić information content (AvgIpc) is 2.89. The lowest BCUT2D eigenvalue weighted by molar-refractivity contribution is 0.598. The Hall–Kier alpha value is -1.64. The van der Waals surface area contributed by atoms with Crippen molar-refractivity contribution in [2.45, 2.75) is 17.7 Å². The molecular weight excluding hydrogens is 296 g/mol. The fourth-order valence-corrected chi connectivity index (χ4v) is 3.16. The fraction of sp³-hybridized carbons (Fsp3) is 0.250. The molecule has 0 aliphatic heterocycles. The van der Waals surface area contributed by atoms with Crippen LogP contribution in [0.3, 0.4) is 0 Å². The number of benzene rings is 1. The van der Waals surface area contributed by atoms with Crippen molar-refractivity contribution in [2.75, 3.05) is 17.6 Å². The van der Waals surface area contributed by atoms with Gasteiger partial charge in [0.05, 0.1) is 16.4 Å². The molecule has 0 amide bonds. The highest BCUT2D eigenvalue weighted by Crippen LogP contribution is 2.27. The zero-order valence-electron chi connectivity index (χ0n) is 10.9. The van der Waals surface area contributed by atoms with Crippen molar-refractivity contribution in [1.29, 1.82) is 0 Å². The summed E-state index contributed by atoms with van der Waals surface area (Å²) in [4.78, 5) is 4.17. The SMILES string of the molecule is CC(CNc1cccc(S(N)(=O)=O)c1N)c1nccs1. The molecule has 0 fully saturated rings. The van der Waals surface area contributed by atoms with Crippen LogP contribution in [0.25, 0.3) is 0 Å². The van der Waals surface area contributed by atoms with Crippen LogP contribution in [0.4, 0.5) is 11.4 Å². The Morgan fingerprint density at radius 3 is 2.80 bits per heavy atom. The molecule has 0 aliphatic rings. The molecule has 0 aliphatic carbocycles. The molecule has 8 heteroatoms. The molecule has 1 aromatic heterocycles. The summed E-state index contributed by atoms with van der Waals surface area (Å²) in [6.45, 7) is 2.64. The van der Waals surface area contributed by atoms with Gasteiger partial charge in [-0.1, -0.05) is 13.0 Å². The molecule has 0 spiro atoms. The van der Waals surface area contributed by atoms with Crippen LogP contribution in [-0.2, 0) is 10.0 Å². The first-order chi connectivity index (χ1) is 9.39. The van der Waals surface area contributed by atoms with Gasteiger partial charge in [-0.2, -0.15) is 0 Å². The maximum atomic E-state index is 11.4. The lowest BCUT2D eigenvalue weighted by Crippen LogP contribution is -2.16. The Bertz CT molecular complexity index is 683. The van der Waals surface area contributed by atoms with Crippen molar-refractivity contribution >= 4 is 32.7 Å². The number of nitrogen functional groups attached to an aromatic ring is 1. The monoisotopic (exact) mass is 312 g/mol. The number of hydrogen-bond acceptors (Lipinski definition) is 6. The van der Waals surface area contributed by atoms with E-state index >= 15 is 0 Å². The summed E-state index contributed by atoms with van der Waals surface area (Å²) in [6, 6.07) is 4.71. The van der Waals surface area contributed by atoms with Crippen LogP contribution in [-0.4, -0.2) is 19.9 Å². The first-order valence-electron chi connectivity index (χ1n) is 5.94. The highest BCUT2D eigenvalue weighted by molar-refractivity contribution is 7.89. The molecule has 1 unspecified atom stereocenters. The zero-order valence-corrected chi connectivity index (χ0v) is 12.5. The Balaban J connectivity index is 2.15. The Morgan fingerprint density at radius 1 is 1.45 bits per heavy atom. The number of nitrogens with one attached hydrogen (secondary N) is 1. The number of rotatable bonds is 5. The molecule has 6 nitrogen and oxygen atoms in total. The van der Waals surface area contributed by atoms with Crippen molar-refractivity contribution < 1.29 is 8.42 Å². The topological polar surface area (TPSA) is 111 Å². The van der Waals surface area contributed by atoms with Crippen molar-refractivity contribution in [3.05, 3.63) is 34.8 Å². The third kappa shape index (κ3) is 3.27. The second kappa shape index (κ2) is 5.78. The van der Waals surface area contributed by atoms with Gasteiger partial charge in [-0.15, -0.1) is 11.3 Å². The molecule has 0 radical (unpaired) electrons. The quantitative estimate of drug-likeness (QED) is 0.726. The molecule has 1 heterocycles. The number of aromatic nitrogens is 1. The average molecular weight is 312 g/mol. The van der Waals surface area contributed by atoms with E-state index in [9.17, 15) is 8.42 Å². The lowest BCUT2D eigenvalue weighted by atomic mass is 10.2. The van der Waals surface area contributed by atoms with Crippen LogP contribution < -0.4 is 16.2 Å². The van der Waals surface area contributed by atoms with Gasteiger partial charge in [-0.3, -0.25) is 0 Å². The lowest BCUT2D eigenvalue weighted by Gasteiger charge is -2.14. The van der Waals surface area contributed by atoms with Gasteiger partial charge >= 0.3 is 0 Å². The van der Waals surface area contributed by atoms with Gasteiger partial charge in [0.15, 0.2) is 0 Å². The molecule has 5 N–H and O–H groups in total. The zero-order chi connectivity index (χ0) is 14.8. The van der Waals surface area contributed by atoms with Crippen molar-refractivity contribution in [3.8, 4) is 0 Å². The number of para-hydroxylation sites is 1. The first-order valence-corrected chi connectivity index (χ1v) is 8.36. The van der Waals surface area contributed by atoms with Crippen LogP contribution in [0.2, 0.25) is 0 Å². The Kier molecular flexibility index (Phi) is 4.26. The van der Waals surface area contributed by atoms with Gasteiger partial charge < -0.3 is 11.1 Å². The van der Waals surface area contributed by atoms with Gasteiger partial charge in [0, 0.05) is 24.0 Å². The van der Waals surface area contributed by atoms with E-state index in [0.717, 1.165) is 5.01 Å². The van der Waals surface area contributed by atoms with E-state index in [1.807, 2.05) is 12.3 Å². The van der Waals surface area contributed by atoms with E-state index < -0.39 is 10.0 Å². The molecule has 20 heavy (non-hydrogen) atoms. The Morgan fingerprint density at radius 2 is 2.20 bits per heavy atom. The highest BCUT2D eigenvalue weighted by Gasteiger charge is 2.15.